The lowest BCUT2D eigenvalue weighted by atomic mass is 10.0. The molecule has 0 spiro atoms. The molecule has 0 saturated heterocycles. The highest BCUT2D eigenvalue weighted by molar-refractivity contribution is 5.38. The smallest absolute Gasteiger partial charge is 0.124 e. The fourth-order valence-electron chi connectivity index (χ4n) is 2.84. The Hall–Kier alpha value is -1.91. The Balaban J connectivity index is 1.89. The minimum atomic E-state index is -0.505. The van der Waals surface area contributed by atoms with Gasteiger partial charge < -0.3 is 14.7 Å². The molecule has 2 rings (SSSR count). The summed E-state index contributed by atoms with van der Waals surface area (Å²) in [6.07, 6.45) is 4.86. The number of nitrogens with zero attached hydrogens (tertiary/aromatic N) is 2. The lowest BCUT2D eigenvalue weighted by Gasteiger charge is -2.23. The number of hydrogen-bond donors (Lipinski definition) is 1. The first kappa shape index (κ1) is 18.4. The molecule has 2 aromatic rings. The van der Waals surface area contributed by atoms with Crippen molar-refractivity contribution in [3.8, 4) is 5.75 Å². The van der Waals surface area contributed by atoms with E-state index in [4.69, 9.17) is 4.74 Å². The van der Waals surface area contributed by atoms with Gasteiger partial charge in [0.05, 0.1) is 13.2 Å². The first-order valence-electron chi connectivity index (χ1n) is 8.58. The molecule has 0 bridgehead atoms. The molecule has 0 amide bonds. The van der Waals surface area contributed by atoms with Crippen molar-refractivity contribution in [1.29, 1.82) is 0 Å². The predicted octanol–water partition coefficient (Wildman–Crippen LogP) is 3.39. The third kappa shape index (κ3) is 5.32. The van der Waals surface area contributed by atoms with Gasteiger partial charge in [-0.05, 0) is 56.1 Å². The van der Waals surface area contributed by atoms with Crippen molar-refractivity contribution in [1.82, 2.24) is 9.88 Å². The maximum Gasteiger partial charge on any atom is 0.124 e. The second-order valence-electron chi connectivity index (χ2n) is 6.09. The fourth-order valence-corrected chi connectivity index (χ4v) is 2.84. The third-order valence-electron chi connectivity index (χ3n) is 4.38. The predicted molar refractivity (Wildman–Crippen MR) is 97.4 cm³/mol. The number of aliphatic hydroxyl groups is 1. The Bertz CT molecular complexity index is 616. The molecule has 1 unspecified atom stereocenters. The number of aryl methyl sites for hydroxylation is 1. The maximum atomic E-state index is 10.6. The number of aliphatic hydroxyl groups excluding tert-OH is 1. The first-order chi connectivity index (χ1) is 11.6. The Labute approximate surface area is 145 Å². The van der Waals surface area contributed by atoms with E-state index in [1.54, 1.807) is 7.11 Å². The van der Waals surface area contributed by atoms with Gasteiger partial charge in [-0.2, -0.15) is 0 Å². The lowest BCUT2D eigenvalue weighted by Crippen LogP contribution is -2.28. The Morgan fingerprint density at radius 2 is 1.92 bits per heavy atom. The summed E-state index contributed by atoms with van der Waals surface area (Å²) in [5.41, 5.74) is 3.31. The van der Waals surface area contributed by atoms with Crippen LogP contribution in [0.2, 0.25) is 0 Å². The Kier molecular flexibility index (Phi) is 7.22. The molecule has 4 nitrogen and oxygen atoms in total. The van der Waals surface area contributed by atoms with E-state index in [0.29, 0.717) is 6.42 Å². The molecular weight excluding hydrogens is 300 g/mol. The van der Waals surface area contributed by atoms with Crippen molar-refractivity contribution in [3.63, 3.8) is 0 Å². The molecule has 0 fully saturated rings. The quantitative estimate of drug-likeness (QED) is 0.766. The van der Waals surface area contributed by atoms with Gasteiger partial charge in [-0.25, -0.2) is 0 Å². The van der Waals surface area contributed by atoms with Gasteiger partial charge in [0.2, 0.25) is 0 Å². The molecule has 1 atom stereocenters. The SMILES string of the molecule is CCN(CCc1ccncc1)CCC(O)c1cc(C)ccc1OC. The van der Waals surface area contributed by atoms with Gasteiger partial charge in [0.1, 0.15) is 5.75 Å². The molecule has 4 heteroatoms. The van der Waals surface area contributed by atoms with Crippen molar-refractivity contribution in [2.75, 3.05) is 26.7 Å². The summed E-state index contributed by atoms with van der Waals surface area (Å²) >= 11 is 0. The van der Waals surface area contributed by atoms with E-state index in [-0.39, 0.29) is 0 Å². The Morgan fingerprint density at radius 3 is 2.58 bits per heavy atom. The molecule has 1 aromatic heterocycles. The van der Waals surface area contributed by atoms with Crippen LogP contribution in [0.5, 0.6) is 5.75 Å². The summed E-state index contributed by atoms with van der Waals surface area (Å²) in [6.45, 7) is 7.01. The van der Waals surface area contributed by atoms with Crippen LogP contribution in [0.4, 0.5) is 0 Å². The fraction of sp³-hybridized carbons (Fsp3) is 0.450. The van der Waals surface area contributed by atoms with Gasteiger partial charge in [0.15, 0.2) is 0 Å². The lowest BCUT2D eigenvalue weighted by molar-refractivity contribution is 0.141. The van der Waals surface area contributed by atoms with Crippen LogP contribution in [0.3, 0.4) is 0 Å². The van der Waals surface area contributed by atoms with E-state index < -0.39 is 6.10 Å². The molecule has 1 N–H and O–H groups in total. The van der Waals surface area contributed by atoms with Crippen molar-refractivity contribution in [2.45, 2.75) is 32.8 Å². The van der Waals surface area contributed by atoms with Crippen molar-refractivity contribution < 1.29 is 9.84 Å². The van der Waals surface area contributed by atoms with Gasteiger partial charge in [-0.1, -0.05) is 18.6 Å². The van der Waals surface area contributed by atoms with E-state index >= 15 is 0 Å². The van der Waals surface area contributed by atoms with E-state index in [9.17, 15) is 5.11 Å². The summed E-state index contributed by atoms with van der Waals surface area (Å²) in [5.74, 6) is 0.757. The van der Waals surface area contributed by atoms with Gasteiger partial charge in [-0.15, -0.1) is 0 Å². The number of ether oxygens (including phenoxy) is 1. The topological polar surface area (TPSA) is 45.6 Å². The van der Waals surface area contributed by atoms with E-state index in [2.05, 4.69) is 28.9 Å². The zero-order chi connectivity index (χ0) is 17.4. The van der Waals surface area contributed by atoms with Crippen molar-refractivity contribution >= 4 is 0 Å². The summed E-state index contributed by atoms with van der Waals surface area (Å²) in [7, 11) is 1.65. The zero-order valence-electron chi connectivity index (χ0n) is 14.9. The molecule has 1 aromatic carbocycles. The highest BCUT2D eigenvalue weighted by Crippen LogP contribution is 2.28. The standard InChI is InChI=1S/C20H28N2O2/c1-4-22(13-9-17-7-11-21-12-8-17)14-10-19(23)18-15-16(2)5-6-20(18)24-3/h5-8,11-12,15,19,23H,4,9-10,13-14H2,1-3H3. The summed E-state index contributed by atoms with van der Waals surface area (Å²) < 4.78 is 5.38. The van der Waals surface area contributed by atoms with Gasteiger partial charge in [0.25, 0.3) is 0 Å². The van der Waals surface area contributed by atoms with Crippen LogP contribution in [0.15, 0.2) is 42.7 Å². The highest BCUT2D eigenvalue weighted by Gasteiger charge is 2.15. The number of hydrogen-bond acceptors (Lipinski definition) is 4. The number of aromatic nitrogens is 1. The average Bonchev–Trinajstić information content (AvgIpc) is 2.62. The molecule has 0 aliphatic carbocycles. The van der Waals surface area contributed by atoms with E-state index in [1.165, 1.54) is 5.56 Å². The maximum absolute atomic E-state index is 10.6. The molecule has 1 heterocycles. The molecule has 0 aliphatic heterocycles. The monoisotopic (exact) mass is 328 g/mol. The largest absolute Gasteiger partial charge is 0.496 e. The first-order valence-corrected chi connectivity index (χ1v) is 8.58. The number of rotatable bonds is 9. The second-order valence-corrected chi connectivity index (χ2v) is 6.09. The molecule has 24 heavy (non-hydrogen) atoms. The number of likely N-dealkylation sites (N-methyl/N-ethyl adjacent to an activating group) is 1. The normalized spacial score (nSPS) is 12.4. The second kappa shape index (κ2) is 9.40. The van der Waals surface area contributed by atoms with Crippen molar-refractivity contribution in [2.24, 2.45) is 0 Å². The van der Waals surface area contributed by atoms with Crippen LogP contribution in [0.1, 0.15) is 36.1 Å². The third-order valence-corrected chi connectivity index (χ3v) is 4.38. The van der Waals surface area contributed by atoms with E-state index in [0.717, 1.165) is 42.9 Å². The van der Waals surface area contributed by atoms with Crippen LogP contribution in [0, 0.1) is 6.92 Å². The molecule has 130 valence electrons. The Morgan fingerprint density at radius 1 is 1.17 bits per heavy atom. The van der Waals surface area contributed by atoms with Gasteiger partial charge in [-0.3, -0.25) is 4.98 Å². The van der Waals surface area contributed by atoms with Crippen LogP contribution >= 0.6 is 0 Å². The summed E-state index contributed by atoms with van der Waals surface area (Å²) in [6, 6.07) is 10.0. The number of benzene rings is 1. The van der Waals surface area contributed by atoms with Gasteiger partial charge >= 0.3 is 0 Å². The molecular formula is C20H28N2O2. The van der Waals surface area contributed by atoms with Gasteiger partial charge in [0, 0.05) is 31.0 Å². The van der Waals surface area contributed by atoms with Crippen molar-refractivity contribution in [3.05, 3.63) is 59.4 Å². The van der Waals surface area contributed by atoms with Crippen LogP contribution < -0.4 is 4.74 Å². The minimum absolute atomic E-state index is 0.505. The van der Waals surface area contributed by atoms with Crippen LogP contribution in [0.25, 0.3) is 0 Å². The molecule has 0 radical (unpaired) electrons. The molecule has 0 aliphatic rings. The molecule has 0 saturated carbocycles. The summed E-state index contributed by atoms with van der Waals surface area (Å²) in [4.78, 5) is 6.42. The minimum Gasteiger partial charge on any atom is -0.496 e. The summed E-state index contributed by atoms with van der Waals surface area (Å²) in [5, 5.41) is 10.6. The number of methoxy groups -OCH3 is 1. The average molecular weight is 328 g/mol. The highest BCUT2D eigenvalue weighted by atomic mass is 16.5. The van der Waals surface area contributed by atoms with Crippen LogP contribution in [-0.2, 0) is 6.42 Å². The zero-order valence-corrected chi connectivity index (χ0v) is 14.9. The number of pyridine rings is 1. The van der Waals surface area contributed by atoms with E-state index in [1.807, 2.05) is 37.5 Å². The van der Waals surface area contributed by atoms with Crippen LogP contribution in [-0.4, -0.2) is 41.7 Å².